The highest BCUT2D eigenvalue weighted by Gasteiger charge is 2.61. The lowest BCUT2D eigenvalue weighted by molar-refractivity contribution is -0.308. The molecule has 2 amide bonds. The van der Waals surface area contributed by atoms with Crippen molar-refractivity contribution in [1.29, 1.82) is 0 Å². The molecule has 1 atom stereocenters. The fourth-order valence-electron chi connectivity index (χ4n) is 3.61. The predicted octanol–water partition coefficient (Wildman–Crippen LogP) is 3.09. The molecule has 7 nitrogen and oxygen atoms in total. The van der Waals surface area contributed by atoms with Gasteiger partial charge in [-0.25, -0.2) is 4.79 Å². The van der Waals surface area contributed by atoms with E-state index in [0.29, 0.717) is 12.2 Å². The quantitative estimate of drug-likeness (QED) is 0.751. The molecule has 1 saturated heterocycles. The maximum Gasteiger partial charge on any atom is 0.434 e. The third kappa shape index (κ3) is 4.42. The Morgan fingerprint density at radius 2 is 1.79 bits per heavy atom. The molecule has 3 rings (SSSR count). The van der Waals surface area contributed by atoms with E-state index in [-0.39, 0.29) is 37.8 Å². The lowest BCUT2D eigenvalue weighted by Crippen LogP contribution is -2.49. The number of nitrogens with one attached hydrogen (secondary N) is 1. The number of amides is 2. The van der Waals surface area contributed by atoms with Gasteiger partial charge < -0.3 is 15.0 Å². The SMILES string of the molecule is Cn1nccc1NC(=O)[C@H]1CC12CCN(C(=O)OC(C(F)(F)F)C(F)(F)F)CC2. The van der Waals surface area contributed by atoms with Crippen LogP contribution in [-0.4, -0.2) is 58.2 Å². The average Bonchev–Trinajstić information content (AvgIpc) is 3.15. The third-order valence-electron chi connectivity index (χ3n) is 5.41. The van der Waals surface area contributed by atoms with Crippen LogP contribution in [-0.2, 0) is 16.6 Å². The van der Waals surface area contributed by atoms with Crippen LogP contribution in [0, 0.1) is 11.3 Å². The predicted molar refractivity (Wildman–Crippen MR) is 85.6 cm³/mol. The Balaban J connectivity index is 1.53. The highest BCUT2D eigenvalue weighted by atomic mass is 19.4. The van der Waals surface area contributed by atoms with Crippen molar-refractivity contribution < 1.29 is 40.7 Å². The van der Waals surface area contributed by atoms with Crippen molar-refractivity contribution in [2.24, 2.45) is 18.4 Å². The monoisotopic (exact) mass is 428 g/mol. The van der Waals surface area contributed by atoms with Crippen molar-refractivity contribution in [3.05, 3.63) is 12.3 Å². The summed E-state index contributed by atoms with van der Waals surface area (Å²) < 4.78 is 80.4. The molecular formula is C16H18F6N4O3. The number of piperidine rings is 1. The van der Waals surface area contributed by atoms with Crippen LogP contribution in [0.5, 0.6) is 0 Å². The van der Waals surface area contributed by atoms with Crippen molar-refractivity contribution in [3.63, 3.8) is 0 Å². The van der Waals surface area contributed by atoms with Gasteiger partial charge in [0.2, 0.25) is 5.91 Å². The molecule has 29 heavy (non-hydrogen) atoms. The maximum atomic E-state index is 12.5. The second-order valence-corrected chi connectivity index (χ2v) is 7.28. The lowest BCUT2D eigenvalue weighted by atomic mass is 9.91. The van der Waals surface area contributed by atoms with E-state index in [0.717, 1.165) is 4.90 Å². The number of aryl methyl sites for hydroxylation is 1. The van der Waals surface area contributed by atoms with Crippen molar-refractivity contribution in [2.75, 3.05) is 18.4 Å². The van der Waals surface area contributed by atoms with E-state index in [2.05, 4.69) is 15.2 Å². The first kappa shape index (κ1) is 21.2. The number of hydrogen-bond donors (Lipinski definition) is 1. The van der Waals surface area contributed by atoms with Gasteiger partial charge in [-0.1, -0.05) is 0 Å². The number of carbonyl (C=O) groups is 2. The molecule has 1 aromatic rings. The summed E-state index contributed by atoms with van der Waals surface area (Å²) in [4.78, 5) is 25.0. The highest BCUT2D eigenvalue weighted by molar-refractivity contribution is 5.94. The van der Waals surface area contributed by atoms with E-state index in [1.807, 2.05) is 0 Å². The first-order chi connectivity index (χ1) is 13.3. The van der Waals surface area contributed by atoms with Gasteiger partial charge in [0, 0.05) is 32.1 Å². The minimum absolute atomic E-state index is 0.0865. The van der Waals surface area contributed by atoms with Gasteiger partial charge in [-0.15, -0.1) is 0 Å². The van der Waals surface area contributed by atoms with E-state index < -0.39 is 30.0 Å². The van der Waals surface area contributed by atoms with Crippen molar-refractivity contribution >= 4 is 17.8 Å². The van der Waals surface area contributed by atoms with Gasteiger partial charge in [0.25, 0.3) is 6.10 Å². The van der Waals surface area contributed by atoms with Crippen molar-refractivity contribution in [2.45, 2.75) is 37.7 Å². The molecule has 0 radical (unpaired) electrons. The van der Waals surface area contributed by atoms with Crippen LogP contribution in [0.4, 0.5) is 37.0 Å². The number of aromatic nitrogens is 2. The minimum Gasteiger partial charge on any atom is -0.426 e. The van der Waals surface area contributed by atoms with Crippen LogP contribution < -0.4 is 5.32 Å². The Kier molecular flexibility index (Phi) is 5.20. The summed E-state index contributed by atoms with van der Waals surface area (Å²) in [6.07, 6.45) is -14.7. The van der Waals surface area contributed by atoms with Crippen LogP contribution in [0.25, 0.3) is 0 Å². The second kappa shape index (κ2) is 7.10. The van der Waals surface area contributed by atoms with Crippen molar-refractivity contribution in [3.8, 4) is 0 Å². The molecule has 0 aromatic carbocycles. The van der Waals surface area contributed by atoms with E-state index in [1.54, 1.807) is 13.1 Å². The molecule has 2 fully saturated rings. The number of halogens is 6. The lowest BCUT2D eigenvalue weighted by Gasteiger charge is -2.33. The first-order valence-corrected chi connectivity index (χ1v) is 8.71. The molecule has 1 aliphatic heterocycles. The highest BCUT2D eigenvalue weighted by Crippen LogP contribution is 2.59. The Morgan fingerprint density at radius 1 is 1.21 bits per heavy atom. The molecule has 162 valence electrons. The average molecular weight is 428 g/mol. The van der Waals surface area contributed by atoms with Crippen LogP contribution >= 0.6 is 0 Å². The van der Waals surface area contributed by atoms with E-state index in [9.17, 15) is 35.9 Å². The number of nitrogens with zero attached hydrogens (tertiary/aromatic N) is 3. The van der Waals surface area contributed by atoms with Gasteiger partial charge in [-0.3, -0.25) is 9.48 Å². The molecule has 1 spiro atoms. The van der Waals surface area contributed by atoms with E-state index in [1.165, 1.54) is 10.9 Å². The Hall–Kier alpha value is -2.47. The number of likely N-dealkylation sites (tertiary alicyclic amines) is 1. The van der Waals surface area contributed by atoms with E-state index >= 15 is 0 Å². The minimum atomic E-state index is -5.75. The van der Waals surface area contributed by atoms with Gasteiger partial charge in [-0.2, -0.15) is 31.4 Å². The zero-order chi connectivity index (χ0) is 21.6. The van der Waals surface area contributed by atoms with Gasteiger partial charge in [0.15, 0.2) is 0 Å². The van der Waals surface area contributed by atoms with Crippen LogP contribution in [0.15, 0.2) is 12.3 Å². The fourth-order valence-corrected chi connectivity index (χ4v) is 3.61. The standard InChI is InChI=1S/C16H18F6N4O3/c1-25-10(2-5-23-25)24-11(27)9-8-14(9)3-6-26(7-4-14)13(28)29-12(15(17,18)19)16(20,21)22/h2,5,9,12H,3-4,6-8H2,1H3,(H,24,27)/t9-/m1/s1. The zero-order valence-corrected chi connectivity index (χ0v) is 15.2. The fraction of sp³-hybridized carbons (Fsp3) is 0.688. The largest absolute Gasteiger partial charge is 0.434 e. The second-order valence-electron chi connectivity index (χ2n) is 7.28. The zero-order valence-electron chi connectivity index (χ0n) is 15.2. The summed E-state index contributed by atoms with van der Waals surface area (Å²) in [7, 11) is 1.65. The topological polar surface area (TPSA) is 76.5 Å². The first-order valence-electron chi connectivity index (χ1n) is 8.71. The summed E-state index contributed by atoms with van der Waals surface area (Å²) in [5, 5.41) is 6.65. The molecule has 13 heteroatoms. The number of rotatable bonds is 3. The molecule has 0 unspecified atom stereocenters. The number of hydrogen-bond acceptors (Lipinski definition) is 4. The normalized spacial score (nSPS) is 21.4. The van der Waals surface area contributed by atoms with Crippen LogP contribution in [0.3, 0.4) is 0 Å². The Labute approximate surface area is 161 Å². The molecule has 2 heterocycles. The maximum absolute atomic E-state index is 12.5. The van der Waals surface area contributed by atoms with Crippen LogP contribution in [0.2, 0.25) is 0 Å². The molecule has 1 aromatic heterocycles. The van der Waals surface area contributed by atoms with Gasteiger partial charge in [-0.05, 0) is 24.7 Å². The van der Waals surface area contributed by atoms with Crippen LogP contribution in [0.1, 0.15) is 19.3 Å². The molecule has 1 saturated carbocycles. The summed E-state index contributed by atoms with van der Waals surface area (Å²) in [6, 6.07) is 1.61. The number of ether oxygens (including phenoxy) is 1. The molecule has 1 aliphatic carbocycles. The van der Waals surface area contributed by atoms with Gasteiger partial charge in [0.05, 0.1) is 6.20 Å². The summed E-state index contributed by atoms with van der Waals surface area (Å²) >= 11 is 0. The molecular weight excluding hydrogens is 410 g/mol. The third-order valence-corrected chi connectivity index (χ3v) is 5.41. The number of alkyl halides is 6. The smallest absolute Gasteiger partial charge is 0.426 e. The van der Waals surface area contributed by atoms with Crippen molar-refractivity contribution in [1.82, 2.24) is 14.7 Å². The summed E-state index contributed by atoms with van der Waals surface area (Å²) in [5.74, 6) is -0.0732. The Morgan fingerprint density at radius 3 is 2.28 bits per heavy atom. The summed E-state index contributed by atoms with van der Waals surface area (Å²) in [5.41, 5.74) is -0.410. The van der Waals surface area contributed by atoms with Gasteiger partial charge >= 0.3 is 18.4 Å². The molecule has 2 aliphatic rings. The Bertz CT molecular complexity index is 768. The molecule has 1 N–H and O–H groups in total. The summed E-state index contributed by atoms with van der Waals surface area (Å²) in [6.45, 7) is -0.173. The number of anilines is 1. The molecule has 0 bridgehead atoms. The van der Waals surface area contributed by atoms with E-state index in [4.69, 9.17) is 0 Å². The van der Waals surface area contributed by atoms with Gasteiger partial charge in [0.1, 0.15) is 5.82 Å². The number of carbonyl (C=O) groups excluding carboxylic acids is 2.